The zero-order chi connectivity index (χ0) is 14.7. The second-order valence-electron chi connectivity index (χ2n) is 5.39. The first-order valence-electron chi connectivity index (χ1n) is 6.78. The Morgan fingerprint density at radius 3 is 2.75 bits per heavy atom. The number of likely N-dealkylation sites (tertiary alicyclic amines) is 1. The van der Waals surface area contributed by atoms with Crippen LogP contribution < -0.4 is 0 Å². The third kappa shape index (κ3) is 3.26. The number of carbonyl (C=O) groups excluding carboxylic acids is 1. The van der Waals surface area contributed by atoms with Gasteiger partial charge in [-0.05, 0) is 42.5 Å². The Morgan fingerprint density at radius 1 is 1.40 bits per heavy atom. The molecule has 2 rings (SSSR count). The van der Waals surface area contributed by atoms with Crippen molar-refractivity contribution in [2.24, 2.45) is 5.92 Å². The fraction of sp³-hybridized carbons (Fsp3) is 0.375. The summed E-state index contributed by atoms with van der Waals surface area (Å²) in [6, 6.07) is 5.44. The summed E-state index contributed by atoms with van der Waals surface area (Å²) in [5, 5.41) is 8.65. The molecule has 1 aliphatic rings. The number of aryl methyl sites for hydroxylation is 1. The summed E-state index contributed by atoms with van der Waals surface area (Å²) >= 11 is 0. The number of hydrogen-bond acceptors (Lipinski definition) is 2. The van der Waals surface area contributed by atoms with Crippen molar-refractivity contribution in [2.45, 2.75) is 20.3 Å². The van der Waals surface area contributed by atoms with Crippen LogP contribution >= 0.6 is 0 Å². The molecule has 1 aromatic carbocycles. The van der Waals surface area contributed by atoms with E-state index in [1.54, 1.807) is 6.07 Å². The summed E-state index contributed by atoms with van der Waals surface area (Å²) < 4.78 is 0. The molecule has 1 heterocycles. The van der Waals surface area contributed by atoms with Gasteiger partial charge in [0.05, 0.1) is 0 Å². The van der Waals surface area contributed by atoms with Crippen molar-refractivity contribution in [3.05, 3.63) is 41.0 Å². The van der Waals surface area contributed by atoms with Crippen LogP contribution in [0, 0.1) is 12.8 Å². The van der Waals surface area contributed by atoms with Crippen LogP contribution in [0.5, 0.6) is 0 Å². The number of aliphatic carboxylic acids is 1. The second kappa shape index (κ2) is 5.90. The van der Waals surface area contributed by atoms with Crippen LogP contribution in [-0.2, 0) is 4.79 Å². The van der Waals surface area contributed by atoms with Gasteiger partial charge in [-0.1, -0.05) is 19.1 Å². The molecule has 1 atom stereocenters. The number of benzene rings is 1. The van der Waals surface area contributed by atoms with E-state index in [2.05, 4.69) is 6.92 Å². The van der Waals surface area contributed by atoms with Gasteiger partial charge < -0.3 is 10.0 Å². The van der Waals surface area contributed by atoms with Crippen LogP contribution in [-0.4, -0.2) is 35.0 Å². The Labute approximate surface area is 118 Å². The summed E-state index contributed by atoms with van der Waals surface area (Å²) in [4.78, 5) is 24.9. The largest absolute Gasteiger partial charge is 0.478 e. The topological polar surface area (TPSA) is 57.6 Å². The first-order valence-corrected chi connectivity index (χ1v) is 6.78. The SMILES string of the molecule is Cc1ccc(C=CC(=O)O)cc1C(=O)N1CCC(C)C1. The van der Waals surface area contributed by atoms with Gasteiger partial charge in [0, 0.05) is 24.7 Å². The van der Waals surface area contributed by atoms with Crippen LogP contribution in [0.1, 0.15) is 34.8 Å². The van der Waals surface area contributed by atoms with Gasteiger partial charge in [0.2, 0.25) is 0 Å². The van der Waals surface area contributed by atoms with Gasteiger partial charge in [0.1, 0.15) is 0 Å². The molecule has 1 N–H and O–H groups in total. The monoisotopic (exact) mass is 273 g/mol. The molecule has 20 heavy (non-hydrogen) atoms. The van der Waals surface area contributed by atoms with Gasteiger partial charge in [-0.15, -0.1) is 0 Å². The molecule has 1 aliphatic heterocycles. The smallest absolute Gasteiger partial charge is 0.328 e. The number of rotatable bonds is 3. The van der Waals surface area contributed by atoms with E-state index in [4.69, 9.17) is 5.11 Å². The van der Waals surface area contributed by atoms with E-state index >= 15 is 0 Å². The quantitative estimate of drug-likeness (QED) is 0.861. The van der Waals surface area contributed by atoms with E-state index in [1.165, 1.54) is 6.08 Å². The predicted molar refractivity (Wildman–Crippen MR) is 77.5 cm³/mol. The number of carboxylic acids is 1. The van der Waals surface area contributed by atoms with E-state index in [9.17, 15) is 9.59 Å². The van der Waals surface area contributed by atoms with Crippen molar-refractivity contribution in [1.82, 2.24) is 4.90 Å². The maximum Gasteiger partial charge on any atom is 0.328 e. The molecule has 1 aromatic rings. The Balaban J connectivity index is 2.24. The summed E-state index contributed by atoms with van der Waals surface area (Å²) in [5.41, 5.74) is 2.31. The lowest BCUT2D eigenvalue weighted by atomic mass is 10.0. The summed E-state index contributed by atoms with van der Waals surface area (Å²) in [6.45, 7) is 5.64. The summed E-state index contributed by atoms with van der Waals surface area (Å²) in [7, 11) is 0. The average Bonchev–Trinajstić information content (AvgIpc) is 2.83. The molecule has 0 spiro atoms. The lowest BCUT2D eigenvalue weighted by molar-refractivity contribution is -0.131. The first-order chi connectivity index (χ1) is 9.47. The van der Waals surface area contributed by atoms with Gasteiger partial charge in [-0.25, -0.2) is 4.79 Å². The molecule has 0 bridgehead atoms. The Bertz CT molecular complexity index is 563. The third-order valence-corrected chi connectivity index (χ3v) is 3.62. The highest BCUT2D eigenvalue weighted by Gasteiger charge is 2.25. The molecule has 1 unspecified atom stereocenters. The minimum atomic E-state index is -0.994. The van der Waals surface area contributed by atoms with Gasteiger partial charge in [0.15, 0.2) is 0 Å². The van der Waals surface area contributed by atoms with Crippen molar-refractivity contribution < 1.29 is 14.7 Å². The number of hydrogen-bond donors (Lipinski definition) is 1. The maximum absolute atomic E-state index is 12.5. The lowest BCUT2D eigenvalue weighted by Gasteiger charge is -2.17. The Morgan fingerprint density at radius 2 is 2.15 bits per heavy atom. The van der Waals surface area contributed by atoms with E-state index < -0.39 is 5.97 Å². The fourth-order valence-corrected chi connectivity index (χ4v) is 2.43. The van der Waals surface area contributed by atoms with Crippen molar-refractivity contribution in [2.75, 3.05) is 13.1 Å². The third-order valence-electron chi connectivity index (χ3n) is 3.62. The molecule has 0 radical (unpaired) electrons. The maximum atomic E-state index is 12.5. The average molecular weight is 273 g/mol. The van der Waals surface area contributed by atoms with Crippen molar-refractivity contribution in [3.8, 4) is 0 Å². The molecule has 106 valence electrons. The van der Waals surface area contributed by atoms with Crippen LogP contribution in [0.25, 0.3) is 6.08 Å². The van der Waals surface area contributed by atoms with Crippen LogP contribution in [0.15, 0.2) is 24.3 Å². The Kier molecular flexibility index (Phi) is 4.23. The second-order valence-corrected chi connectivity index (χ2v) is 5.39. The van der Waals surface area contributed by atoms with E-state index in [0.29, 0.717) is 11.5 Å². The fourth-order valence-electron chi connectivity index (χ4n) is 2.43. The van der Waals surface area contributed by atoms with E-state index in [0.717, 1.165) is 36.7 Å². The molecule has 1 saturated heterocycles. The minimum absolute atomic E-state index is 0.0393. The molecule has 4 nitrogen and oxygen atoms in total. The highest BCUT2D eigenvalue weighted by molar-refractivity contribution is 5.96. The number of nitrogens with zero attached hydrogens (tertiary/aromatic N) is 1. The van der Waals surface area contributed by atoms with E-state index in [-0.39, 0.29) is 5.91 Å². The number of carboxylic acid groups (broad SMARTS) is 1. The predicted octanol–water partition coefficient (Wildman–Crippen LogP) is 2.57. The molecule has 0 aliphatic carbocycles. The van der Waals surface area contributed by atoms with Gasteiger partial charge >= 0.3 is 5.97 Å². The highest BCUT2D eigenvalue weighted by Crippen LogP contribution is 2.20. The normalized spacial score (nSPS) is 18.7. The number of amides is 1. The van der Waals surface area contributed by atoms with Crippen molar-refractivity contribution in [1.29, 1.82) is 0 Å². The molecule has 0 saturated carbocycles. The van der Waals surface area contributed by atoms with Gasteiger partial charge in [0.25, 0.3) is 5.91 Å². The molecular formula is C16H19NO3. The number of carbonyl (C=O) groups is 2. The van der Waals surface area contributed by atoms with Gasteiger partial charge in [-0.3, -0.25) is 4.79 Å². The molecule has 0 aromatic heterocycles. The van der Waals surface area contributed by atoms with Crippen molar-refractivity contribution in [3.63, 3.8) is 0 Å². The zero-order valence-electron chi connectivity index (χ0n) is 11.8. The summed E-state index contributed by atoms with van der Waals surface area (Å²) in [6.07, 6.45) is 3.63. The van der Waals surface area contributed by atoms with Crippen LogP contribution in [0.3, 0.4) is 0 Å². The molecule has 4 heteroatoms. The summed E-state index contributed by atoms with van der Waals surface area (Å²) in [5.74, 6) is -0.404. The van der Waals surface area contributed by atoms with E-state index in [1.807, 2.05) is 24.0 Å². The standard InChI is InChI=1S/C16H19NO3/c1-11-7-8-17(10-11)16(20)14-9-13(4-3-12(14)2)5-6-15(18)19/h3-6,9,11H,7-8,10H2,1-2H3,(H,18,19). The van der Waals surface area contributed by atoms with Crippen molar-refractivity contribution >= 4 is 18.0 Å². The van der Waals surface area contributed by atoms with Crippen LogP contribution in [0.4, 0.5) is 0 Å². The van der Waals surface area contributed by atoms with Gasteiger partial charge in [-0.2, -0.15) is 0 Å². The minimum Gasteiger partial charge on any atom is -0.478 e. The highest BCUT2D eigenvalue weighted by atomic mass is 16.4. The molecular weight excluding hydrogens is 254 g/mol. The molecule has 1 fully saturated rings. The molecule has 1 amide bonds. The first kappa shape index (κ1) is 14.3. The zero-order valence-corrected chi connectivity index (χ0v) is 11.8. The lowest BCUT2D eigenvalue weighted by Crippen LogP contribution is -2.29. The van der Waals surface area contributed by atoms with Crippen LogP contribution in [0.2, 0.25) is 0 Å². The Hall–Kier alpha value is -2.10.